The van der Waals surface area contributed by atoms with Crippen molar-refractivity contribution in [2.75, 3.05) is 26.7 Å². The predicted octanol–water partition coefficient (Wildman–Crippen LogP) is 2.42. The molecule has 0 spiro atoms. The summed E-state index contributed by atoms with van der Waals surface area (Å²) in [6.45, 7) is 5.05. The molecule has 0 bridgehead atoms. The summed E-state index contributed by atoms with van der Waals surface area (Å²) < 4.78 is 5.50. The Hall–Kier alpha value is -0.420. The standard InChI is InChI=1S/C14H24N2OS/c1-3-12-6-7-14(18-12)13(9-15)16-8-4-5-11(10-16)17-2/h6-7,11,13H,3-5,8-10,15H2,1-2H3. The van der Waals surface area contributed by atoms with Crippen LogP contribution < -0.4 is 5.73 Å². The molecule has 0 radical (unpaired) electrons. The number of aryl methyl sites for hydroxylation is 1. The van der Waals surface area contributed by atoms with Crippen molar-refractivity contribution in [2.24, 2.45) is 5.73 Å². The van der Waals surface area contributed by atoms with Crippen LogP contribution in [0.5, 0.6) is 0 Å². The Balaban J connectivity index is 2.07. The number of hydrogen-bond acceptors (Lipinski definition) is 4. The van der Waals surface area contributed by atoms with E-state index in [0.717, 1.165) is 19.5 Å². The van der Waals surface area contributed by atoms with E-state index in [2.05, 4.69) is 24.0 Å². The first-order valence-electron chi connectivity index (χ1n) is 6.84. The number of nitrogens with zero attached hydrogens (tertiary/aromatic N) is 1. The normalized spacial score (nSPS) is 23.2. The number of piperidine rings is 1. The summed E-state index contributed by atoms with van der Waals surface area (Å²) in [6, 6.07) is 4.85. The van der Waals surface area contributed by atoms with Crippen LogP contribution in [-0.2, 0) is 11.2 Å². The van der Waals surface area contributed by atoms with E-state index in [9.17, 15) is 0 Å². The van der Waals surface area contributed by atoms with E-state index >= 15 is 0 Å². The van der Waals surface area contributed by atoms with E-state index < -0.39 is 0 Å². The van der Waals surface area contributed by atoms with E-state index in [4.69, 9.17) is 10.5 Å². The fourth-order valence-corrected chi connectivity index (χ4v) is 3.75. The first kappa shape index (κ1) is 14.0. The van der Waals surface area contributed by atoms with Gasteiger partial charge in [0, 0.05) is 30.0 Å². The Labute approximate surface area is 114 Å². The lowest BCUT2D eigenvalue weighted by Gasteiger charge is -2.36. The number of rotatable bonds is 5. The Kier molecular flexibility index (Phi) is 5.18. The molecule has 2 rings (SSSR count). The van der Waals surface area contributed by atoms with Crippen LogP contribution in [0, 0.1) is 0 Å². The molecular formula is C14H24N2OS. The smallest absolute Gasteiger partial charge is 0.0698 e. The molecule has 2 N–H and O–H groups in total. The van der Waals surface area contributed by atoms with Crippen molar-refractivity contribution >= 4 is 11.3 Å². The molecule has 0 aromatic carbocycles. The van der Waals surface area contributed by atoms with E-state index in [1.807, 2.05) is 18.4 Å². The maximum atomic E-state index is 6.00. The van der Waals surface area contributed by atoms with Crippen molar-refractivity contribution in [3.05, 3.63) is 21.9 Å². The highest BCUT2D eigenvalue weighted by Gasteiger charge is 2.26. The van der Waals surface area contributed by atoms with Crippen LogP contribution in [0.15, 0.2) is 12.1 Å². The second-order valence-corrected chi connectivity index (χ2v) is 6.10. The minimum absolute atomic E-state index is 0.369. The molecule has 1 saturated heterocycles. The zero-order chi connectivity index (χ0) is 13.0. The summed E-state index contributed by atoms with van der Waals surface area (Å²) in [4.78, 5) is 5.35. The van der Waals surface area contributed by atoms with Crippen LogP contribution in [0.2, 0.25) is 0 Å². The molecular weight excluding hydrogens is 244 g/mol. The lowest BCUT2D eigenvalue weighted by Crippen LogP contribution is -2.43. The molecule has 2 atom stereocenters. The molecule has 2 unspecified atom stereocenters. The minimum atomic E-state index is 0.369. The van der Waals surface area contributed by atoms with Gasteiger partial charge in [-0.2, -0.15) is 0 Å². The summed E-state index contributed by atoms with van der Waals surface area (Å²) in [5.41, 5.74) is 6.00. The number of hydrogen-bond donors (Lipinski definition) is 1. The van der Waals surface area contributed by atoms with Gasteiger partial charge in [0.05, 0.1) is 12.1 Å². The second kappa shape index (κ2) is 6.66. The molecule has 1 aromatic rings. The van der Waals surface area contributed by atoms with Crippen molar-refractivity contribution in [3.63, 3.8) is 0 Å². The van der Waals surface area contributed by atoms with Gasteiger partial charge in [-0.3, -0.25) is 4.90 Å². The van der Waals surface area contributed by atoms with Gasteiger partial charge in [-0.15, -0.1) is 11.3 Å². The average Bonchev–Trinajstić information content (AvgIpc) is 2.88. The summed E-state index contributed by atoms with van der Waals surface area (Å²) in [7, 11) is 1.81. The van der Waals surface area contributed by atoms with Crippen molar-refractivity contribution in [1.29, 1.82) is 0 Å². The van der Waals surface area contributed by atoms with Crippen molar-refractivity contribution in [1.82, 2.24) is 4.90 Å². The van der Waals surface area contributed by atoms with Gasteiger partial charge < -0.3 is 10.5 Å². The number of methoxy groups -OCH3 is 1. The highest BCUT2D eigenvalue weighted by Crippen LogP contribution is 2.30. The van der Waals surface area contributed by atoms with Gasteiger partial charge in [-0.1, -0.05) is 6.92 Å². The van der Waals surface area contributed by atoms with E-state index in [1.54, 1.807) is 0 Å². The number of likely N-dealkylation sites (tertiary alicyclic amines) is 1. The van der Waals surface area contributed by atoms with Crippen molar-refractivity contribution < 1.29 is 4.74 Å². The Morgan fingerprint density at radius 2 is 2.39 bits per heavy atom. The van der Waals surface area contributed by atoms with Crippen molar-refractivity contribution in [3.8, 4) is 0 Å². The quantitative estimate of drug-likeness (QED) is 0.891. The summed E-state index contributed by atoms with van der Waals surface area (Å²) in [5.74, 6) is 0. The molecule has 0 aliphatic carbocycles. The van der Waals surface area contributed by atoms with Gasteiger partial charge in [-0.05, 0) is 37.9 Å². The monoisotopic (exact) mass is 268 g/mol. The third-order valence-electron chi connectivity index (χ3n) is 3.77. The number of nitrogens with two attached hydrogens (primary N) is 1. The largest absolute Gasteiger partial charge is 0.380 e. The molecule has 4 heteroatoms. The third kappa shape index (κ3) is 3.12. The van der Waals surface area contributed by atoms with Gasteiger partial charge in [0.2, 0.25) is 0 Å². The van der Waals surface area contributed by atoms with Gasteiger partial charge in [0.25, 0.3) is 0 Å². The molecule has 2 heterocycles. The predicted molar refractivity (Wildman–Crippen MR) is 77.1 cm³/mol. The SMILES string of the molecule is CCc1ccc(C(CN)N2CCCC(OC)C2)s1. The topological polar surface area (TPSA) is 38.5 Å². The first-order chi connectivity index (χ1) is 8.78. The molecule has 18 heavy (non-hydrogen) atoms. The number of ether oxygens (including phenoxy) is 1. The van der Waals surface area contributed by atoms with Crippen LogP contribution in [0.25, 0.3) is 0 Å². The van der Waals surface area contributed by atoms with Gasteiger partial charge in [0.1, 0.15) is 0 Å². The van der Waals surface area contributed by atoms with E-state index in [0.29, 0.717) is 18.7 Å². The molecule has 3 nitrogen and oxygen atoms in total. The maximum absolute atomic E-state index is 6.00. The molecule has 0 saturated carbocycles. The number of thiophene rings is 1. The van der Waals surface area contributed by atoms with Crippen LogP contribution in [0.3, 0.4) is 0 Å². The fourth-order valence-electron chi connectivity index (χ4n) is 2.65. The Morgan fingerprint density at radius 3 is 3.00 bits per heavy atom. The zero-order valence-corrected chi connectivity index (χ0v) is 12.2. The van der Waals surface area contributed by atoms with Crippen LogP contribution in [-0.4, -0.2) is 37.7 Å². The molecule has 1 aromatic heterocycles. The van der Waals surface area contributed by atoms with Crippen LogP contribution >= 0.6 is 11.3 Å². The Bertz CT molecular complexity index is 366. The molecule has 1 aliphatic heterocycles. The van der Waals surface area contributed by atoms with Crippen molar-refractivity contribution in [2.45, 2.75) is 38.3 Å². The summed E-state index contributed by atoms with van der Waals surface area (Å²) in [6.07, 6.45) is 3.87. The third-order valence-corrected chi connectivity index (χ3v) is 5.10. The van der Waals surface area contributed by atoms with Gasteiger partial charge >= 0.3 is 0 Å². The lowest BCUT2D eigenvalue weighted by atomic mass is 10.0. The van der Waals surface area contributed by atoms with E-state index in [1.165, 1.54) is 22.6 Å². The van der Waals surface area contributed by atoms with Gasteiger partial charge in [-0.25, -0.2) is 0 Å². The van der Waals surface area contributed by atoms with E-state index in [-0.39, 0.29) is 0 Å². The zero-order valence-electron chi connectivity index (χ0n) is 11.4. The summed E-state index contributed by atoms with van der Waals surface area (Å²) in [5, 5.41) is 0. The van der Waals surface area contributed by atoms with Gasteiger partial charge in [0.15, 0.2) is 0 Å². The second-order valence-electron chi connectivity index (χ2n) is 4.90. The fraction of sp³-hybridized carbons (Fsp3) is 0.714. The molecule has 1 aliphatic rings. The Morgan fingerprint density at radius 1 is 1.56 bits per heavy atom. The average molecular weight is 268 g/mol. The molecule has 1 fully saturated rings. The summed E-state index contributed by atoms with van der Waals surface area (Å²) >= 11 is 1.91. The highest BCUT2D eigenvalue weighted by atomic mass is 32.1. The molecule has 0 amide bonds. The maximum Gasteiger partial charge on any atom is 0.0698 e. The first-order valence-corrected chi connectivity index (χ1v) is 7.65. The minimum Gasteiger partial charge on any atom is -0.380 e. The highest BCUT2D eigenvalue weighted by molar-refractivity contribution is 7.12. The molecule has 102 valence electrons. The lowest BCUT2D eigenvalue weighted by molar-refractivity contribution is 0.0161. The van der Waals surface area contributed by atoms with Crippen LogP contribution in [0.1, 0.15) is 35.6 Å². The van der Waals surface area contributed by atoms with Crippen LogP contribution in [0.4, 0.5) is 0 Å².